The topological polar surface area (TPSA) is 89.3 Å². The molecule has 1 heterocycles. The summed E-state index contributed by atoms with van der Waals surface area (Å²) in [6, 6.07) is 7.27. The van der Waals surface area contributed by atoms with Gasteiger partial charge in [0, 0.05) is 17.1 Å². The molecule has 3 N–H and O–H groups in total. The third kappa shape index (κ3) is 4.75. The van der Waals surface area contributed by atoms with Crippen LogP contribution in [0.15, 0.2) is 33.8 Å². The molecule has 0 aliphatic heterocycles. The van der Waals surface area contributed by atoms with E-state index in [9.17, 15) is 0 Å². The Kier molecular flexibility index (Phi) is 5.57. The van der Waals surface area contributed by atoms with E-state index >= 15 is 0 Å². The van der Waals surface area contributed by atoms with E-state index in [-0.39, 0.29) is 6.54 Å². The Bertz CT molecular complexity index is 611. The van der Waals surface area contributed by atoms with Gasteiger partial charge in [-0.15, -0.1) is 0 Å². The summed E-state index contributed by atoms with van der Waals surface area (Å²) in [6.07, 6.45) is 2.16. The number of benzene rings is 1. The van der Waals surface area contributed by atoms with Gasteiger partial charge in [-0.05, 0) is 18.6 Å². The van der Waals surface area contributed by atoms with Crippen molar-refractivity contribution in [2.45, 2.75) is 26.3 Å². The van der Waals surface area contributed by atoms with Gasteiger partial charge in [0.1, 0.15) is 6.54 Å². The Morgan fingerprint density at radius 1 is 1.48 bits per heavy atom. The number of nitrogens with zero attached hydrogens (tertiary/aromatic N) is 3. The molecule has 0 atom stereocenters. The van der Waals surface area contributed by atoms with Crippen LogP contribution in [0.4, 0.5) is 0 Å². The molecule has 21 heavy (non-hydrogen) atoms. The first-order chi connectivity index (χ1) is 10.2. The Morgan fingerprint density at radius 3 is 3.10 bits per heavy atom. The molecule has 112 valence electrons. The van der Waals surface area contributed by atoms with Crippen LogP contribution in [0.25, 0.3) is 11.4 Å². The average Bonchev–Trinajstić information content (AvgIpc) is 2.94. The maximum absolute atomic E-state index is 5.93. The van der Waals surface area contributed by atoms with Crippen LogP contribution in [0, 0.1) is 0 Å². The van der Waals surface area contributed by atoms with Crippen LogP contribution >= 0.6 is 11.6 Å². The van der Waals surface area contributed by atoms with Crippen LogP contribution in [-0.2, 0) is 6.54 Å². The normalized spacial score (nSPS) is 11.6. The highest BCUT2D eigenvalue weighted by atomic mass is 35.5. The van der Waals surface area contributed by atoms with E-state index in [1.54, 1.807) is 12.1 Å². The zero-order valence-electron chi connectivity index (χ0n) is 11.8. The summed E-state index contributed by atoms with van der Waals surface area (Å²) in [4.78, 5) is 8.41. The molecular formula is C14H18ClN5O. The fourth-order valence-electron chi connectivity index (χ4n) is 1.67. The highest BCUT2D eigenvalue weighted by molar-refractivity contribution is 6.30. The van der Waals surface area contributed by atoms with E-state index < -0.39 is 0 Å². The largest absolute Gasteiger partial charge is 0.370 e. The predicted octanol–water partition coefficient (Wildman–Crippen LogP) is 2.59. The standard InChI is InChI=1S/C14H18ClN5O/c1-2-3-7-17-14(16)18-9-12-19-13(20-21-12)10-5-4-6-11(15)8-10/h4-6,8H,2-3,7,9H2,1H3,(H3,16,17,18). The molecule has 0 fully saturated rings. The van der Waals surface area contributed by atoms with Crippen LogP contribution in [0.1, 0.15) is 25.7 Å². The van der Waals surface area contributed by atoms with Crippen LogP contribution in [-0.4, -0.2) is 22.6 Å². The van der Waals surface area contributed by atoms with Crippen LogP contribution in [0.3, 0.4) is 0 Å². The Hall–Kier alpha value is -2.08. The number of guanidine groups is 1. The number of aromatic nitrogens is 2. The third-order valence-electron chi connectivity index (χ3n) is 2.77. The number of hydrogen-bond acceptors (Lipinski definition) is 4. The first kappa shape index (κ1) is 15.3. The average molecular weight is 308 g/mol. The zero-order chi connectivity index (χ0) is 15.1. The molecule has 1 aromatic carbocycles. The van der Waals surface area contributed by atoms with Crippen LogP contribution in [0.5, 0.6) is 0 Å². The van der Waals surface area contributed by atoms with Gasteiger partial charge in [0.25, 0.3) is 0 Å². The minimum Gasteiger partial charge on any atom is -0.370 e. The molecular weight excluding hydrogens is 290 g/mol. The first-order valence-electron chi connectivity index (χ1n) is 6.81. The lowest BCUT2D eigenvalue weighted by atomic mass is 10.2. The summed E-state index contributed by atoms with van der Waals surface area (Å²) in [5.74, 6) is 1.27. The summed E-state index contributed by atoms with van der Waals surface area (Å²) in [5, 5.41) is 7.55. The van der Waals surface area contributed by atoms with Crippen molar-refractivity contribution < 1.29 is 4.52 Å². The van der Waals surface area contributed by atoms with E-state index in [2.05, 4.69) is 27.4 Å². The smallest absolute Gasteiger partial charge is 0.248 e. The van der Waals surface area contributed by atoms with Crippen molar-refractivity contribution in [1.29, 1.82) is 0 Å². The SMILES string of the molecule is CCCCNC(N)=NCc1nc(-c2cccc(Cl)c2)no1. The highest BCUT2D eigenvalue weighted by Gasteiger charge is 2.08. The molecule has 0 amide bonds. The van der Waals surface area contributed by atoms with E-state index in [0.29, 0.717) is 22.7 Å². The maximum atomic E-state index is 5.93. The molecule has 0 saturated heterocycles. The number of aliphatic imine (C=N–C) groups is 1. The lowest BCUT2D eigenvalue weighted by molar-refractivity contribution is 0.381. The number of nitrogens with one attached hydrogen (secondary N) is 1. The number of halogens is 1. The molecule has 0 unspecified atom stereocenters. The number of unbranched alkanes of at least 4 members (excludes halogenated alkanes) is 1. The van der Waals surface area contributed by atoms with Crippen molar-refractivity contribution in [2.24, 2.45) is 10.7 Å². The van der Waals surface area contributed by atoms with E-state index in [1.807, 2.05) is 12.1 Å². The van der Waals surface area contributed by atoms with Crippen LogP contribution in [0.2, 0.25) is 5.02 Å². The van der Waals surface area contributed by atoms with E-state index in [0.717, 1.165) is 24.9 Å². The quantitative estimate of drug-likeness (QED) is 0.486. The first-order valence-corrected chi connectivity index (χ1v) is 7.19. The summed E-state index contributed by atoms with van der Waals surface area (Å²) in [5.41, 5.74) is 6.53. The molecule has 0 radical (unpaired) electrons. The van der Waals surface area contributed by atoms with Crippen LogP contribution < -0.4 is 11.1 Å². The number of rotatable bonds is 6. The molecule has 2 rings (SSSR count). The van der Waals surface area contributed by atoms with Crippen molar-refractivity contribution in [3.05, 3.63) is 35.2 Å². The molecule has 6 nitrogen and oxygen atoms in total. The second kappa shape index (κ2) is 7.64. The minimum absolute atomic E-state index is 0.249. The van der Waals surface area contributed by atoms with Gasteiger partial charge in [0.2, 0.25) is 11.7 Å². The lowest BCUT2D eigenvalue weighted by Crippen LogP contribution is -2.32. The predicted molar refractivity (Wildman–Crippen MR) is 83.0 cm³/mol. The third-order valence-corrected chi connectivity index (χ3v) is 3.01. The van der Waals surface area contributed by atoms with Gasteiger partial charge in [-0.2, -0.15) is 4.98 Å². The Morgan fingerprint density at radius 2 is 2.33 bits per heavy atom. The molecule has 1 aromatic heterocycles. The van der Waals surface area contributed by atoms with Crippen molar-refractivity contribution >= 4 is 17.6 Å². The number of hydrogen-bond donors (Lipinski definition) is 2. The lowest BCUT2D eigenvalue weighted by Gasteiger charge is -2.02. The number of nitrogens with two attached hydrogens (primary N) is 1. The van der Waals surface area contributed by atoms with Gasteiger partial charge in [-0.3, -0.25) is 0 Å². The van der Waals surface area contributed by atoms with Gasteiger partial charge in [-0.1, -0.05) is 42.2 Å². The molecule has 0 saturated carbocycles. The monoisotopic (exact) mass is 307 g/mol. The van der Waals surface area contributed by atoms with E-state index in [4.69, 9.17) is 21.9 Å². The molecule has 0 spiro atoms. The summed E-state index contributed by atoms with van der Waals surface area (Å²) in [7, 11) is 0. The van der Waals surface area contributed by atoms with Crippen molar-refractivity contribution in [2.75, 3.05) is 6.54 Å². The van der Waals surface area contributed by atoms with Gasteiger partial charge < -0.3 is 15.6 Å². The van der Waals surface area contributed by atoms with Gasteiger partial charge in [-0.25, -0.2) is 4.99 Å². The molecule has 0 aliphatic carbocycles. The molecule has 0 bridgehead atoms. The van der Waals surface area contributed by atoms with Gasteiger partial charge >= 0.3 is 0 Å². The summed E-state index contributed by atoms with van der Waals surface area (Å²) < 4.78 is 5.14. The fourth-order valence-corrected chi connectivity index (χ4v) is 1.86. The second-order valence-corrected chi connectivity index (χ2v) is 4.94. The molecule has 7 heteroatoms. The Balaban J connectivity index is 1.96. The maximum Gasteiger partial charge on any atom is 0.248 e. The summed E-state index contributed by atoms with van der Waals surface area (Å²) >= 11 is 5.93. The Labute approximate surface area is 128 Å². The van der Waals surface area contributed by atoms with E-state index in [1.165, 1.54) is 0 Å². The summed E-state index contributed by atoms with van der Waals surface area (Å²) in [6.45, 7) is 3.17. The highest BCUT2D eigenvalue weighted by Crippen LogP contribution is 2.19. The van der Waals surface area contributed by atoms with Crippen molar-refractivity contribution in [3.63, 3.8) is 0 Å². The van der Waals surface area contributed by atoms with Gasteiger partial charge in [0.05, 0.1) is 0 Å². The second-order valence-electron chi connectivity index (χ2n) is 4.50. The van der Waals surface area contributed by atoms with Crippen molar-refractivity contribution in [3.8, 4) is 11.4 Å². The molecule has 2 aromatic rings. The zero-order valence-corrected chi connectivity index (χ0v) is 12.6. The van der Waals surface area contributed by atoms with Crippen molar-refractivity contribution in [1.82, 2.24) is 15.5 Å². The minimum atomic E-state index is 0.249. The fraction of sp³-hybridized carbons (Fsp3) is 0.357. The molecule has 0 aliphatic rings. The van der Waals surface area contributed by atoms with Gasteiger partial charge in [0.15, 0.2) is 5.96 Å².